The van der Waals surface area contributed by atoms with Gasteiger partial charge >= 0.3 is 0 Å². The van der Waals surface area contributed by atoms with E-state index in [4.69, 9.17) is 4.74 Å². The Morgan fingerprint density at radius 2 is 1.67 bits per heavy atom. The number of rotatable bonds is 4. The van der Waals surface area contributed by atoms with Gasteiger partial charge in [0, 0.05) is 0 Å². The molecule has 0 radical (unpaired) electrons. The number of ether oxygens (including phenoxy) is 1. The van der Waals surface area contributed by atoms with Gasteiger partial charge in [-0.25, -0.2) is 0 Å². The summed E-state index contributed by atoms with van der Waals surface area (Å²) in [6.45, 7) is 4.45. The van der Waals surface area contributed by atoms with Crippen molar-refractivity contribution < 1.29 is 4.74 Å². The molecule has 94 valence electrons. The third kappa shape index (κ3) is 2.73. The van der Waals surface area contributed by atoms with Crippen molar-refractivity contribution in [1.29, 1.82) is 0 Å². The molecule has 2 aromatic carbocycles. The molecule has 0 N–H and O–H groups in total. The number of hydrogen-bond acceptors (Lipinski definition) is 1. The summed E-state index contributed by atoms with van der Waals surface area (Å²) < 4.78 is 5.41. The molecule has 0 heterocycles. The first-order valence-electron chi connectivity index (χ1n) is 6.39. The zero-order valence-electron chi connectivity index (χ0n) is 11.3. The van der Waals surface area contributed by atoms with Crippen molar-refractivity contribution in [2.75, 3.05) is 7.11 Å². The van der Waals surface area contributed by atoms with Gasteiger partial charge in [0.25, 0.3) is 0 Å². The van der Waals surface area contributed by atoms with Crippen LogP contribution in [0.25, 0.3) is 0 Å². The highest BCUT2D eigenvalue weighted by Crippen LogP contribution is 2.27. The lowest BCUT2D eigenvalue weighted by Gasteiger charge is -2.16. The second kappa shape index (κ2) is 5.72. The van der Waals surface area contributed by atoms with Crippen LogP contribution in [0.5, 0.6) is 5.75 Å². The summed E-state index contributed by atoms with van der Waals surface area (Å²) in [5, 5.41) is 0. The Morgan fingerprint density at radius 1 is 1.00 bits per heavy atom. The first-order valence-corrected chi connectivity index (χ1v) is 6.39. The molecule has 2 aromatic rings. The van der Waals surface area contributed by atoms with E-state index in [1.165, 1.54) is 16.7 Å². The number of para-hydroxylation sites is 1. The maximum Gasteiger partial charge on any atom is 0.122 e. The van der Waals surface area contributed by atoms with Crippen LogP contribution < -0.4 is 4.74 Å². The van der Waals surface area contributed by atoms with Crippen molar-refractivity contribution in [3.05, 3.63) is 65.2 Å². The summed E-state index contributed by atoms with van der Waals surface area (Å²) in [4.78, 5) is 0. The highest BCUT2D eigenvalue weighted by atomic mass is 16.5. The van der Waals surface area contributed by atoms with Gasteiger partial charge in [-0.1, -0.05) is 49.4 Å². The number of benzene rings is 2. The maximum absolute atomic E-state index is 5.41. The predicted octanol–water partition coefficient (Wildman–Crippen LogP) is 4.35. The minimum Gasteiger partial charge on any atom is -0.496 e. The molecule has 1 nitrogen and oxygen atoms in total. The summed E-state index contributed by atoms with van der Waals surface area (Å²) >= 11 is 0. The van der Waals surface area contributed by atoms with Gasteiger partial charge in [0.05, 0.1) is 7.11 Å². The lowest BCUT2D eigenvalue weighted by Crippen LogP contribution is -2.02. The van der Waals surface area contributed by atoms with Crippen LogP contribution in [0, 0.1) is 6.92 Å². The van der Waals surface area contributed by atoms with Gasteiger partial charge in [-0.3, -0.25) is 0 Å². The van der Waals surface area contributed by atoms with E-state index in [-0.39, 0.29) is 0 Å². The average Bonchev–Trinajstić information content (AvgIpc) is 2.39. The summed E-state index contributed by atoms with van der Waals surface area (Å²) in [5.74, 6) is 1.49. The highest BCUT2D eigenvalue weighted by Gasteiger charge is 2.11. The quantitative estimate of drug-likeness (QED) is 0.772. The van der Waals surface area contributed by atoms with E-state index in [0.717, 1.165) is 12.2 Å². The Balaban J connectivity index is 2.21. The van der Waals surface area contributed by atoms with Crippen LogP contribution in [0.15, 0.2) is 48.5 Å². The van der Waals surface area contributed by atoms with Crippen LogP contribution in [-0.4, -0.2) is 7.11 Å². The van der Waals surface area contributed by atoms with Gasteiger partial charge < -0.3 is 4.74 Å². The molecule has 0 amide bonds. The molecule has 1 unspecified atom stereocenters. The molecular weight excluding hydrogens is 220 g/mol. The molecule has 0 aromatic heterocycles. The van der Waals surface area contributed by atoms with Crippen LogP contribution in [0.1, 0.15) is 29.5 Å². The van der Waals surface area contributed by atoms with Crippen molar-refractivity contribution in [2.45, 2.75) is 26.2 Å². The number of methoxy groups -OCH3 is 1. The van der Waals surface area contributed by atoms with Crippen molar-refractivity contribution in [2.24, 2.45) is 0 Å². The summed E-state index contributed by atoms with van der Waals surface area (Å²) in [5.41, 5.74) is 4.05. The molecule has 0 spiro atoms. The molecule has 0 aliphatic carbocycles. The molecule has 1 heteroatoms. The smallest absolute Gasteiger partial charge is 0.122 e. The molecular formula is C17H20O. The molecule has 0 saturated heterocycles. The lowest BCUT2D eigenvalue weighted by molar-refractivity contribution is 0.408. The van der Waals surface area contributed by atoms with E-state index in [9.17, 15) is 0 Å². The van der Waals surface area contributed by atoms with Gasteiger partial charge in [0.1, 0.15) is 5.75 Å². The second-order valence-electron chi connectivity index (χ2n) is 4.77. The van der Waals surface area contributed by atoms with Crippen molar-refractivity contribution in [3.63, 3.8) is 0 Å². The van der Waals surface area contributed by atoms with Gasteiger partial charge in [-0.05, 0) is 42.0 Å². The van der Waals surface area contributed by atoms with Gasteiger partial charge in [0.2, 0.25) is 0 Å². The maximum atomic E-state index is 5.41. The lowest BCUT2D eigenvalue weighted by atomic mass is 9.90. The van der Waals surface area contributed by atoms with Gasteiger partial charge in [-0.15, -0.1) is 0 Å². The zero-order valence-corrected chi connectivity index (χ0v) is 11.3. The molecule has 0 aliphatic heterocycles. The number of aryl methyl sites for hydroxylation is 1. The van der Waals surface area contributed by atoms with Gasteiger partial charge in [0.15, 0.2) is 0 Å². The minimum atomic E-state index is 0.502. The van der Waals surface area contributed by atoms with Crippen LogP contribution in [-0.2, 0) is 6.42 Å². The number of hydrogen-bond donors (Lipinski definition) is 0. The van der Waals surface area contributed by atoms with E-state index >= 15 is 0 Å². The van der Waals surface area contributed by atoms with Crippen molar-refractivity contribution in [3.8, 4) is 5.75 Å². The topological polar surface area (TPSA) is 9.23 Å². The summed E-state index contributed by atoms with van der Waals surface area (Å²) in [7, 11) is 1.73. The largest absolute Gasteiger partial charge is 0.496 e. The fraction of sp³-hybridized carbons (Fsp3) is 0.294. The standard InChI is InChI=1S/C17H20O/c1-13-8-4-6-10-16(13)14(2)12-15-9-5-7-11-17(15)18-3/h4-11,14H,12H2,1-3H3. The van der Waals surface area contributed by atoms with E-state index in [1.807, 2.05) is 12.1 Å². The molecule has 1 atom stereocenters. The fourth-order valence-electron chi connectivity index (χ4n) is 2.45. The monoisotopic (exact) mass is 240 g/mol. The van der Waals surface area contributed by atoms with Crippen molar-refractivity contribution >= 4 is 0 Å². The zero-order chi connectivity index (χ0) is 13.0. The fourth-order valence-corrected chi connectivity index (χ4v) is 2.45. The summed E-state index contributed by atoms with van der Waals surface area (Å²) in [6, 6.07) is 16.9. The molecule has 0 bridgehead atoms. The Hall–Kier alpha value is -1.76. The predicted molar refractivity (Wildman–Crippen MR) is 76.3 cm³/mol. The van der Waals surface area contributed by atoms with Crippen molar-refractivity contribution in [1.82, 2.24) is 0 Å². The Labute approximate surface area is 109 Å². The summed E-state index contributed by atoms with van der Waals surface area (Å²) in [6.07, 6.45) is 1.01. The molecule has 0 saturated carbocycles. The molecule has 0 fully saturated rings. The Kier molecular flexibility index (Phi) is 4.03. The van der Waals surface area contributed by atoms with Crippen LogP contribution in [0.4, 0.5) is 0 Å². The van der Waals surface area contributed by atoms with Crippen LogP contribution in [0.3, 0.4) is 0 Å². The normalized spacial score (nSPS) is 12.2. The SMILES string of the molecule is COc1ccccc1CC(C)c1ccccc1C. The van der Waals surface area contributed by atoms with Crippen LogP contribution >= 0.6 is 0 Å². The van der Waals surface area contributed by atoms with E-state index in [2.05, 4.69) is 50.2 Å². The minimum absolute atomic E-state index is 0.502. The molecule has 2 rings (SSSR count). The molecule has 0 aliphatic rings. The first kappa shape index (κ1) is 12.7. The molecule has 18 heavy (non-hydrogen) atoms. The van der Waals surface area contributed by atoms with E-state index in [0.29, 0.717) is 5.92 Å². The van der Waals surface area contributed by atoms with Crippen LogP contribution in [0.2, 0.25) is 0 Å². The Bertz CT molecular complexity index is 517. The Morgan fingerprint density at radius 3 is 2.39 bits per heavy atom. The first-order chi connectivity index (χ1) is 8.72. The third-order valence-corrected chi connectivity index (χ3v) is 3.44. The third-order valence-electron chi connectivity index (χ3n) is 3.44. The van der Waals surface area contributed by atoms with E-state index in [1.54, 1.807) is 7.11 Å². The second-order valence-corrected chi connectivity index (χ2v) is 4.77. The van der Waals surface area contributed by atoms with E-state index < -0.39 is 0 Å². The highest BCUT2D eigenvalue weighted by molar-refractivity contribution is 5.36. The van der Waals surface area contributed by atoms with Gasteiger partial charge in [-0.2, -0.15) is 0 Å². The average molecular weight is 240 g/mol.